The predicted molar refractivity (Wildman–Crippen MR) is 154 cm³/mol. The number of nitrogens with one attached hydrogen (secondary N) is 1. The van der Waals surface area contributed by atoms with E-state index in [1.165, 1.54) is 43.2 Å². The zero-order chi connectivity index (χ0) is 25.8. The minimum Gasteiger partial charge on any atom is -0.340 e. The predicted octanol–water partition coefficient (Wildman–Crippen LogP) is 5.46. The summed E-state index contributed by atoms with van der Waals surface area (Å²) in [7, 11) is 0. The number of carbonyl (C=O) groups excluding carboxylic acids is 1. The van der Waals surface area contributed by atoms with E-state index in [4.69, 9.17) is 11.6 Å². The Morgan fingerprint density at radius 3 is 2.43 bits per heavy atom. The summed E-state index contributed by atoms with van der Waals surface area (Å²) in [5.41, 5.74) is 2.85. The maximum absolute atomic E-state index is 13.9. The Bertz CT molecular complexity index is 997. The Morgan fingerprint density at radius 2 is 1.78 bits per heavy atom. The maximum Gasteiger partial charge on any atom is 0.227 e. The van der Waals surface area contributed by atoms with E-state index in [1.807, 2.05) is 12.1 Å². The molecule has 0 bridgehead atoms. The highest BCUT2D eigenvalue weighted by atomic mass is 35.5. The molecular formula is C30H43ClN4OS. The molecule has 0 spiro atoms. The van der Waals surface area contributed by atoms with Crippen LogP contribution < -0.4 is 5.32 Å². The molecule has 1 aromatic heterocycles. The highest BCUT2D eigenvalue weighted by Crippen LogP contribution is 2.37. The number of thiophene rings is 1. The van der Waals surface area contributed by atoms with Gasteiger partial charge in [-0.1, -0.05) is 43.0 Å². The number of carbonyl (C=O) groups is 1. The molecule has 2 saturated heterocycles. The van der Waals surface area contributed by atoms with Crippen molar-refractivity contribution in [1.29, 1.82) is 0 Å². The van der Waals surface area contributed by atoms with E-state index in [1.54, 1.807) is 11.3 Å². The second kappa shape index (κ2) is 12.2. The summed E-state index contributed by atoms with van der Waals surface area (Å²) in [4.78, 5) is 21.3. The lowest BCUT2D eigenvalue weighted by Crippen LogP contribution is -2.62. The molecule has 2 aliphatic heterocycles. The Hall–Kier alpha value is -1.44. The lowest BCUT2D eigenvalue weighted by molar-refractivity contribution is -0.138. The summed E-state index contributed by atoms with van der Waals surface area (Å²) in [6.45, 7) is 11.9. The molecule has 0 radical (unpaired) electrons. The summed E-state index contributed by atoms with van der Waals surface area (Å²) < 4.78 is 0. The van der Waals surface area contributed by atoms with Gasteiger partial charge in [0.1, 0.15) is 0 Å². The van der Waals surface area contributed by atoms with Gasteiger partial charge in [-0.25, -0.2) is 0 Å². The molecule has 3 aliphatic rings. The first-order valence-electron chi connectivity index (χ1n) is 14.2. The third-order valence-electron chi connectivity index (χ3n) is 9.10. The first-order valence-corrected chi connectivity index (χ1v) is 15.5. The summed E-state index contributed by atoms with van der Waals surface area (Å²) in [5.74, 6) is 0.596. The van der Waals surface area contributed by atoms with Crippen LogP contribution >= 0.6 is 22.9 Å². The maximum atomic E-state index is 13.9. The summed E-state index contributed by atoms with van der Waals surface area (Å²) in [6.07, 6.45) is 6.51. The van der Waals surface area contributed by atoms with Crippen molar-refractivity contribution >= 4 is 28.8 Å². The van der Waals surface area contributed by atoms with E-state index in [0.717, 1.165) is 57.4 Å². The second-order valence-corrected chi connectivity index (χ2v) is 12.9. The third kappa shape index (κ3) is 6.25. The van der Waals surface area contributed by atoms with Gasteiger partial charge in [-0.15, -0.1) is 0 Å². The normalized spacial score (nSPS) is 25.1. The number of halogens is 1. The third-order valence-corrected chi connectivity index (χ3v) is 10.1. The number of piperazine rings is 1. The Labute approximate surface area is 232 Å². The van der Waals surface area contributed by atoms with Gasteiger partial charge in [-0.2, -0.15) is 11.3 Å². The van der Waals surface area contributed by atoms with Gasteiger partial charge in [0, 0.05) is 74.9 Å². The molecule has 3 fully saturated rings. The van der Waals surface area contributed by atoms with Crippen LogP contribution in [0.4, 0.5) is 0 Å². The quantitative estimate of drug-likeness (QED) is 0.480. The average Bonchev–Trinajstić information content (AvgIpc) is 3.60. The number of rotatable bonds is 8. The molecule has 37 heavy (non-hydrogen) atoms. The van der Waals surface area contributed by atoms with Crippen molar-refractivity contribution in [3.05, 3.63) is 57.2 Å². The summed E-state index contributed by atoms with van der Waals surface area (Å²) in [6, 6.07) is 10.8. The summed E-state index contributed by atoms with van der Waals surface area (Å²) >= 11 is 7.94. The van der Waals surface area contributed by atoms with Crippen LogP contribution in [0.2, 0.25) is 5.02 Å². The van der Waals surface area contributed by atoms with Gasteiger partial charge in [-0.3, -0.25) is 14.6 Å². The molecule has 2 atom stereocenters. The Balaban J connectivity index is 1.23. The molecule has 202 valence electrons. The van der Waals surface area contributed by atoms with Crippen LogP contribution in [0.3, 0.4) is 0 Å². The largest absolute Gasteiger partial charge is 0.340 e. The first-order chi connectivity index (χ1) is 17.9. The van der Waals surface area contributed by atoms with Gasteiger partial charge in [-0.05, 0) is 66.8 Å². The van der Waals surface area contributed by atoms with Crippen molar-refractivity contribution in [2.24, 2.45) is 5.92 Å². The van der Waals surface area contributed by atoms with Gasteiger partial charge in [0.15, 0.2) is 0 Å². The molecule has 5 nitrogen and oxygen atoms in total. The van der Waals surface area contributed by atoms with Crippen LogP contribution in [-0.4, -0.2) is 78.0 Å². The number of hydrogen-bond donors (Lipinski definition) is 1. The number of hydrogen-bond acceptors (Lipinski definition) is 5. The van der Waals surface area contributed by atoms with Gasteiger partial charge < -0.3 is 10.2 Å². The van der Waals surface area contributed by atoms with E-state index in [0.29, 0.717) is 11.9 Å². The molecular weight excluding hydrogens is 500 g/mol. The van der Waals surface area contributed by atoms with Crippen molar-refractivity contribution in [3.63, 3.8) is 0 Å². The smallest absolute Gasteiger partial charge is 0.227 e. The van der Waals surface area contributed by atoms with Crippen molar-refractivity contribution < 1.29 is 4.79 Å². The lowest BCUT2D eigenvalue weighted by atomic mass is 9.79. The van der Waals surface area contributed by atoms with Crippen molar-refractivity contribution in [1.82, 2.24) is 20.0 Å². The highest BCUT2D eigenvalue weighted by Gasteiger charge is 2.43. The molecule has 7 heteroatoms. The molecule has 3 heterocycles. The lowest BCUT2D eigenvalue weighted by Gasteiger charge is -2.50. The molecule has 0 unspecified atom stereocenters. The zero-order valence-electron chi connectivity index (χ0n) is 22.5. The Kier molecular flexibility index (Phi) is 8.92. The topological polar surface area (TPSA) is 38.8 Å². The van der Waals surface area contributed by atoms with Crippen LogP contribution in [0.1, 0.15) is 63.0 Å². The van der Waals surface area contributed by atoms with Crippen molar-refractivity contribution in [3.8, 4) is 0 Å². The minimum atomic E-state index is 0.0195. The van der Waals surface area contributed by atoms with Crippen molar-refractivity contribution in [2.75, 3.05) is 45.8 Å². The molecule has 1 aliphatic carbocycles. The van der Waals surface area contributed by atoms with E-state index in [-0.39, 0.29) is 17.4 Å². The number of likely N-dealkylation sites (tertiary alicyclic amines) is 1. The standard InChI is InChI=1S/C30H43ClN4OS/c1-23(2)34-19-27(25-6-8-26(31)9-7-25)28(20-34)29(36)33-13-15-35(16-14-33)30(11-4-3-5-12-30)22-32-18-24-10-17-37-21-24/h6-10,17,21,23,27-28,32H,3-5,11-16,18-20,22H2,1-2H3/t27-,28+/m1/s1. The summed E-state index contributed by atoms with van der Waals surface area (Å²) in [5, 5.41) is 8.94. The van der Waals surface area contributed by atoms with Gasteiger partial charge in [0.2, 0.25) is 5.91 Å². The highest BCUT2D eigenvalue weighted by molar-refractivity contribution is 7.07. The fourth-order valence-corrected chi connectivity index (χ4v) is 7.63. The minimum absolute atomic E-state index is 0.0195. The zero-order valence-corrected chi connectivity index (χ0v) is 24.1. The van der Waals surface area contributed by atoms with Gasteiger partial charge in [0.05, 0.1) is 5.92 Å². The molecule has 1 N–H and O–H groups in total. The van der Waals surface area contributed by atoms with Crippen LogP contribution in [0.5, 0.6) is 0 Å². The van der Waals surface area contributed by atoms with E-state index in [9.17, 15) is 4.79 Å². The second-order valence-electron chi connectivity index (χ2n) is 11.6. The number of benzene rings is 1. The fraction of sp³-hybridized carbons (Fsp3) is 0.633. The monoisotopic (exact) mass is 542 g/mol. The van der Waals surface area contributed by atoms with Crippen LogP contribution in [-0.2, 0) is 11.3 Å². The molecule has 2 aromatic rings. The molecule has 1 saturated carbocycles. The fourth-order valence-electron chi connectivity index (χ4n) is 6.84. The van der Waals surface area contributed by atoms with Crippen molar-refractivity contribution in [2.45, 2.75) is 70.0 Å². The van der Waals surface area contributed by atoms with Gasteiger partial charge >= 0.3 is 0 Å². The Morgan fingerprint density at radius 1 is 1.05 bits per heavy atom. The SMILES string of the molecule is CC(C)N1C[C@H](C(=O)N2CCN(C3(CNCc4ccsc4)CCCCC3)CC2)[C@@H](c2ccc(Cl)cc2)C1. The molecule has 1 aromatic carbocycles. The van der Waals surface area contributed by atoms with Crippen LogP contribution in [0.15, 0.2) is 41.1 Å². The van der Waals surface area contributed by atoms with E-state index >= 15 is 0 Å². The van der Waals surface area contributed by atoms with E-state index < -0.39 is 0 Å². The van der Waals surface area contributed by atoms with Crippen LogP contribution in [0, 0.1) is 5.92 Å². The van der Waals surface area contributed by atoms with Gasteiger partial charge in [0.25, 0.3) is 0 Å². The molecule has 1 amide bonds. The average molecular weight is 543 g/mol. The van der Waals surface area contributed by atoms with E-state index in [2.05, 4.69) is 62.8 Å². The number of amides is 1. The first kappa shape index (κ1) is 27.1. The molecule has 5 rings (SSSR count). The van der Waals surface area contributed by atoms with Crippen LogP contribution in [0.25, 0.3) is 0 Å². The number of nitrogens with zero attached hydrogens (tertiary/aromatic N) is 3.